The number of hydroxylamine groups is 1. The zero-order valence-corrected chi connectivity index (χ0v) is 16.7. The molecule has 1 heterocycles. The maximum atomic E-state index is 12.9. The van der Waals surface area contributed by atoms with Crippen molar-refractivity contribution in [2.75, 3.05) is 6.54 Å². The number of para-hydroxylation sites is 1. The van der Waals surface area contributed by atoms with Gasteiger partial charge in [-0.05, 0) is 36.2 Å². The van der Waals surface area contributed by atoms with E-state index in [0.717, 1.165) is 10.9 Å². The molecule has 1 atom stereocenters. The van der Waals surface area contributed by atoms with E-state index >= 15 is 0 Å². The summed E-state index contributed by atoms with van der Waals surface area (Å²) in [6, 6.07) is 12.4. The number of amides is 3. The van der Waals surface area contributed by atoms with Crippen LogP contribution >= 0.6 is 0 Å². The van der Waals surface area contributed by atoms with Crippen LogP contribution in [-0.4, -0.2) is 34.5 Å². The molecule has 3 amide bonds. The van der Waals surface area contributed by atoms with Crippen molar-refractivity contribution in [2.24, 2.45) is 5.92 Å². The lowest BCUT2D eigenvalue weighted by Gasteiger charge is -2.19. The third kappa shape index (κ3) is 4.66. The number of hydrogen-bond donors (Lipinski definition) is 5. The third-order valence-corrected chi connectivity index (χ3v) is 4.67. The van der Waals surface area contributed by atoms with Gasteiger partial charge in [0.05, 0.1) is 0 Å². The Labute approximate surface area is 173 Å². The van der Waals surface area contributed by atoms with Crippen LogP contribution in [0.4, 0.5) is 0 Å². The van der Waals surface area contributed by atoms with Crippen molar-refractivity contribution in [2.45, 2.75) is 19.9 Å². The Kier molecular flexibility index (Phi) is 6.48. The van der Waals surface area contributed by atoms with Gasteiger partial charge in [0.2, 0.25) is 5.91 Å². The van der Waals surface area contributed by atoms with Crippen molar-refractivity contribution in [3.8, 4) is 0 Å². The summed E-state index contributed by atoms with van der Waals surface area (Å²) in [5, 5.41) is 15.2. The van der Waals surface area contributed by atoms with E-state index in [4.69, 9.17) is 5.21 Å². The van der Waals surface area contributed by atoms with Gasteiger partial charge in [-0.15, -0.1) is 0 Å². The Morgan fingerprint density at radius 3 is 2.23 bits per heavy atom. The minimum atomic E-state index is -0.896. The number of aromatic nitrogens is 1. The Hall–Kier alpha value is -3.65. The van der Waals surface area contributed by atoms with E-state index in [1.807, 2.05) is 38.1 Å². The molecule has 3 rings (SSSR count). The van der Waals surface area contributed by atoms with Crippen LogP contribution in [-0.2, 0) is 4.79 Å². The lowest BCUT2D eigenvalue weighted by atomic mass is 10.0. The van der Waals surface area contributed by atoms with Crippen LogP contribution in [0, 0.1) is 5.92 Å². The van der Waals surface area contributed by atoms with Crippen LogP contribution in [0.5, 0.6) is 0 Å². The molecule has 8 heteroatoms. The van der Waals surface area contributed by atoms with Crippen LogP contribution in [0.2, 0.25) is 0 Å². The number of H-pyrrole nitrogens is 1. The lowest BCUT2D eigenvalue weighted by Crippen LogP contribution is -2.41. The molecule has 5 N–H and O–H groups in total. The summed E-state index contributed by atoms with van der Waals surface area (Å²) in [7, 11) is 0. The van der Waals surface area contributed by atoms with Gasteiger partial charge in [0.1, 0.15) is 6.04 Å². The second kappa shape index (κ2) is 9.23. The van der Waals surface area contributed by atoms with E-state index in [-0.39, 0.29) is 23.0 Å². The number of nitrogens with one attached hydrogen (secondary N) is 4. The molecule has 0 aliphatic carbocycles. The molecule has 30 heavy (non-hydrogen) atoms. The van der Waals surface area contributed by atoms with Gasteiger partial charge < -0.3 is 15.6 Å². The SMILES string of the molecule is CC(C)CNC(=O)[C@@H](NC(=O)c1ccc(C(=O)NO)cc1)c1c[nH]c2ccccc12. The third-order valence-electron chi connectivity index (χ3n) is 4.67. The van der Waals surface area contributed by atoms with Gasteiger partial charge in [-0.25, -0.2) is 5.48 Å². The van der Waals surface area contributed by atoms with Gasteiger partial charge in [0.15, 0.2) is 0 Å². The summed E-state index contributed by atoms with van der Waals surface area (Å²) in [4.78, 5) is 40.3. The summed E-state index contributed by atoms with van der Waals surface area (Å²) in [5.41, 5.74) is 3.56. The van der Waals surface area contributed by atoms with Gasteiger partial charge in [-0.3, -0.25) is 19.6 Å². The van der Waals surface area contributed by atoms with Gasteiger partial charge in [-0.2, -0.15) is 0 Å². The standard InChI is InChI=1S/C22H24N4O4/c1-13(2)11-24-22(29)19(17-12-23-18-6-4-3-5-16(17)18)25-20(27)14-7-9-15(10-8-14)21(28)26-30/h3-10,12-13,19,23,30H,11H2,1-2H3,(H,24,29)(H,25,27)(H,26,28)/t19-/m0/s1. The van der Waals surface area contributed by atoms with E-state index in [1.165, 1.54) is 29.7 Å². The highest BCUT2D eigenvalue weighted by molar-refractivity contribution is 6.01. The lowest BCUT2D eigenvalue weighted by molar-refractivity contribution is -0.123. The van der Waals surface area contributed by atoms with Crippen molar-refractivity contribution in [1.82, 2.24) is 21.1 Å². The number of rotatable bonds is 7. The molecular weight excluding hydrogens is 384 g/mol. The molecule has 0 fully saturated rings. The molecule has 0 spiro atoms. The molecule has 0 bridgehead atoms. The molecule has 1 aromatic heterocycles. The monoisotopic (exact) mass is 408 g/mol. The fraction of sp³-hybridized carbons (Fsp3) is 0.227. The maximum Gasteiger partial charge on any atom is 0.274 e. The predicted octanol–water partition coefficient (Wildman–Crippen LogP) is 2.53. The van der Waals surface area contributed by atoms with Gasteiger partial charge >= 0.3 is 0 Å². The van der Waals surface area contributed by atoms with Crippen LogP contribution in [0.1, 0.15) is 46.2 Å². The summed E-state index contributed by atoms with van der Waals surface area (Å²) in [6.45, 7) is 4.46. The van der Waals surface area contributed by atoms with E-state index in [9.17, 15) is 14.4 Å². The van der Waals surface area contributed by atoms with E-state index in [2.05, 4.69) is 15.6 Å². The molecule has 156 valence electrons. The molecular formula is C22H24N4O4. The smallest absolute Gasteiger partial charge is 0.274 e. The normalized spacial score (nSPS) is 11.9. The number of benzene rings is 2. The summed E-state index contributed by atoms with van der Waals surface area (Å²) in [6.07, 6.45) is 1.72. The Balaban J connectivity index is 1.87. The Morgan fingerprint density at radius 2 is 1.60 bits per heavy atom. The van der Waals surface area contributed by atoms with Gasteiger partial charge in [0, 0.05) is 40.3 Å². The average Bonchev–Trinajstić information content (AvgIpc) is 3.19. The molecule has 0 saturated carbocycles. The van der Waals surface area contributed by atoms with E-state index in [0.29, 0.717) is 12.1 Å². The summed E-state index contributed by atoms with van der Waals surface area (Å²) < 4.78 is 0. The molecule has 3 aromatic rings. The zero-order chi connectivity index (χ0) is 21.7. The van der Waals surface area contributed by atoms with Crippen molar-refractivity contribution in [3.05, 3.63) is 71.4 Å². The first-order valence-electron chi connectivity index (χ1n) is 9.59. The van der Waals surface area contributed by atoms with Crippen LogP contribution in [0.25, 0.3) is 10.9 Å². The van der Waals surface area contributed by atoms with E-state index < -0.39 is 17.9 Å². The maximum absolute atomic E-state index is 12.9. The zero-order valence-electron chi connectivity index (χ0n) is 16.7. The minimum absolute atomic E-state index is 0.205. The van der Waals surface area contributed by atoms with Crippen LogP contribution in [0.3, 0.4) is 0 Å². The first-order chi connectivity index (χ1) is 14.4. The minimum Gasteiger partial charge on any atom is -0.361 e. The first-order valence-corrected chi connectivity index (χ1v) is 9.59. The average molecular weight is 408 g/mol. The topological polar surface area (TPSA) is 123 Å². The Morgan fingerprint density at radius 1 is 0.967 bits per heavy atom. The largest absolute Gasteiger partial charge is 0.361 e. The molecule has 8 nitrogen and oxygen atoms in total. The number of carbonyl (C=O) groups is 3. The van der Waals surface area contributed by atoms with Gasteiger partial charge in [-0.1, -0.05) is 32.0 Å². The van der Waals surface area contributed by atoms with Crippen LogP contribution < -0.4 is 16.1 Å². The number of fused-ring (bicyclic) bond motifs is 1. The molecule has 2 aromatic carbocycles. The predicted molar refractivity (Wildman–Crippen MR) is 112 cm³/mol. The molecule has 0 aliphatic rings. The highest BCUT2D eigenvalue weighted by Crippen LogP contribution is 2.25. The van der Waals surface area contributed by atoms with E-state index in [1.54, 1.807) is 6.20 Å². The quantitative estimate of drug-likeness (QED) is 0.304. The molecule has 0 radical (unpaired) electrons. The van der Waals surface area contributed by atoms with Crippen molar-refractivity contribution >= 4 is 28.6 Å². The van der Waals surface area contributed by atoms with Gasteiger partial charge in [0.25, 0.3) is 11.8 Å². The summed E-state index contributed by atoms with van der Waals surface area (Å²) >= 11 is 0. The second-order valence-corrected chi connectivity index (χ2v) is 7.35. The number of aromatic amines is 1. The second-order valence-electron chi connectivity index (χ2n) is 7.35. The van der Waals surface area contributed by atoms with Crippen molar-refractivity contribution < 1.29 is 19.6 Å². The van der Waals surface area contributed by atoms with Crippen LogP contribution in [0.15, 0.2) is 54.7 Å². The number of hydrogen-bond acceptors (Lipinski definition) is 4. The van der Waals surface area contributed by atoms with Crippen molar-refractivity contribution in [3.63, 3.8) is 0 Å². The first kappa shape index (κ1) is 21.1. The number of carbonyl (C=O) groups excluding carboxylic acids is 3. The fourth-order valence-corrected chi connectivity index (χ4v) is 3.08. The fourth-order valence-electron chi connectivity index (χ4n) is 3.08. The molecule has 0 aliphatic heterocycles. The Bertz CT molecular complexity index is 1060. The van der Waals surface area contributed by atoms with Crippen molar-refractivity contribution in [1.29, 1.82) is 0 Å². The highest BCUT2D eigenvalue weighted by Gasteiger charge is 2.26. The molecule has 0 saturated heterocycles. The highest BCUT2D eigenvalue weighted by atomic mass is 16.5. The summed E-state index contributed by atoms with van der Waals surface area (Å²) in [5.74, 6) is -1.18. The molecule has 0 unspecified atom stereocenters.